The van der Waals surface area contributed by atoms with E-state index in [0.29, 0.717) is 19.8 Å². The highest BCUT2D eigenvalue weighted by atomic mass is 16.5. The van der Waals surface area contributed by atoms with Gasteiger partial charge in [0.25, 0.3) is 0 Å². The molecule has 0 aliphatic carbocycles. The van der Waals surface area contributed by atoms with Crippen LogP contribution in [0.15, 0.2) is 24.5 Å². The first-order valence-corrected chi connectivity index (χ1v) is 5.72. The second-order valence-electron chi connectivity index (χ2n) is 4.14. The van der Waals surface area contributed by atoms with Crippen molar-refractivity contribution in [3.05, 3.63) is 30.1 Å². The normalized spacial score (nSPS) is 19.9. The van der Waals surface area contributed by atoms with Gasteiger partial charge in [-0.1, -0.05) is 6.07 Å². The fourth-order valence-corrected chi connectivity index (χ4v) is 1.83. The highest BCUT2D eigenvalue weighted by molar-refractivity contribution is 5.81. The molecule has 1 N–H and O–H groups in total. The first kappa shape index (κ1) is 12.0. The number of morpholine rings is 1. The van der Waals surface area contributed by atoms with Crippen LogP contribution >= 0.6 is 0 Å². The van der Waals surface area contributed by atoms with Gasteiger partial charge in [-0.2, -0.15) is 0 Å². The molecule has 1 fully saturated rings. The minimum Gasteiger partial charge on any atom is -0.378 e. The van der Waals surface area contributed by atoms with E-state index in [1.54, 1.807) is 24.3 Å². The molecule has 2 rings (SSSR count). The number of carbonyl (C=O) groups excluding carboxylic acids is 1. The minimum absolute atomic E-state index is 0.0635. The van der Waals surface area contributed by atoms with E-state index in [-0.39, 0.29) is 11.9 Å². The van der Waals surface area contributed by atoms with E-state index < -0.39 is 0 Å². The zero-order valence-corrected chi connectivity index (χ0v) is 9.93. The summed E-state index contributed by atoms with van der Waals surface area (Å²) in [6.45, 7) is 2.44. The lowest BCUT2D eigenvalue weighted by Crippen LogP contribution is -2.51. The Hall–Kier alpha value is -1.46. The summed E-state index contributed by atoms with van der Waals surface area (Å²) in [5.74, 6) is 0.0635. The zero-order chi connectivity index (χ0) is 12.1. The van der Waals surface area contributed by atoms with Crippen molar-refractivity contribution in [2.45, 2.75) is 12.6 Å². The number of rotatable bonds is 3. The van der Waals surface area contributed by atoms with Crippen molar-refractivity contribution in [3.8, 4) is 0 Å². The smallest absolute Gasteiger partial charge is 0.242 e. The van der Waals surface area contributed by atoms with Gasteiger partial charge in [0.2, 0.25) is 5.91 Å². The summed E-state index contributed by atoms with van der Waals surface area (Å²) in [5.41, 5.74) is 1.03. The molecule has 1 atom stereocenters. The summed E-state index contributed by atoms with van der Waals surface area (Å²) < 4.78 is 5.28. The average Bonchev–Trinajstić information content (AvgIpc) is 2.40. The van der Waals surface area contributed by atoms with Gasteiger partial charge in [-0.3, -0.25) is 9.78 Å². The Morgan fingerprint density at radius 2 is 2.59 bits per heavy atom. The van der Waals surface area contributed by atoms with E-state index in [4.69, 9.17) is 4.74 Å². The predicted octanol–water partition coefficient (Wildman–Crippen LogP) is 0.0284. The van der Waals surface area contributed by atoms with Gasteiger partial charge in [0.1, 0.15) is 6.04 Å². The average molecular weight is 235 g/mol. The number of hydrogen-bond donors (Lipinski definition) is 1. The van der Waals surface area contributed by atoms with E-state index in [9.17, 15) is 4.79 Å². The standard InChI is InChI=1S/C12H17N3O2/c1-15(8-10-3-2-4-13-7-10)12(16)11-9-17-6-5-14-11/h2-4,7,11,14H,5-6,8-9H2,1H3. The summed E-state index contributed by atoms with van der Waals surface area (Å²) in [5, 5.41) is 3.15. The highest BCUT2D eigenvalue weighted by Gasteiger charge is 2.24. The van der Waals surface area contributed by atoms with E-state index in [1.807, 2.05) is 12.1 Å². The van der Waals surface area contributed by atoms with E-state index in [0.717, 1.165) is 12.1 Å². The number of amides is 1. The quantitative estimate of drug-likeness (QED) is 0.803. The van der Waals surface area contributed by atoms with Crippen molar-refractivity contribution < 1.29 is 9.53 Å². The van der Waals surface area contributed by atoms with Gasteiger partial charge in [-0.15, -0.1) is 0 Å². The van der Waals surface area contributed by atoms with Crippen molar-refractivity contribution >= 4 is 5.91 Å². The zero-order valence-electron chi connectivity index (χ0n) is 9.93. The lowest BCUT2D eigenvalue weighted by Gasteiger charge is -2.27. The fourth-order valence-electron chi connectivity index (χ4n) is 1.83. The van der Waals surface area contributed by atoms with Gasteiger partial charge in [0, 0.05) is 32.5 Å². The number of likely N-dealkylation sites (N-methyl/N-ethyl adjacent to an activating group) is 1. The molecule has 1 unspecified atom stereocenters. The molecule has 0 radical (unpaired) electrons. The van der Waals surface area contributed by atoms with Crippen LogP contribution in [0.25, 0.3) is 0 Å². The molecule has 17 heavy (non-hydrogen) atoms. The summed E-state index contributed by atoms with van der Waals surface area (Å²) in [6, 6.07) is 3.61. The molecule has 0 saturated carbocycles. The van der Waals surface area contributed by atoms with Crippen LogP contribution in [0.3, 0.4) is 0 Å². The molecule has 5 heteroatoms. The number of carbonyl (C=O) groups is 1. The van der Waals surface area contributed by atoms with Gasteiger partial charge < -0.3 is 15.0 Å². The second-order valence-corrected chi connectivity index (χ2v) is 4.14. The molecule has 0 bridgehead atoms. The van der Waals surface area contributed by atoms with Crippen molar-refractivity contribution in [1.29, 1.82) is 0 Å². The second kappa shape index (κ2) is 5.75. The van der Waals surface area contributed by atoms with Crippen molar-refractivity contribution in [2.24, 2.45) is 0 Å². The van der Waals surface area contributed by atoms with Crippen LogP contribution in [0.5, 0.6) is 0 Å². The summed E-state index contributed by atoms with van der Waals surface area (Å²) in [7, 11) is 1.80. The Bertz CT molecular complexity index is 363. The monoisotopic (exact) mass is 235 g/mol. The third-order valence-electron chi connectivity index (χ3n) is 2.74. The summed E-state index contributed by atoms with van der Waals surface area (Å²) in [4.78, 5) is 17.8. The molecule has 0 aromatic carbocycles. The first-order chi connectivity index (χ1) is 8.27. The number of nitrogens with zero attached hydrogens (tertiary/aromatic N) is 2. The molecule has 1 aliphatic rings. The topological polar surface area (TPSA) is 54.5 Å². The van der Waals surface area contributed by atoms with Crippen LogP contribution in [-0.4, -0.2) is 48.6 Å². The van der Waals surface area contributed by atoms with E-state index >= 15 is 0 Å². The van der Waals surface area contributed by atoms with Gasteiger partial charge in [0.15, 0.2) is 0 Å². The molecule has 1 amide bonds. The Kier molecular flexibility index (Phi) is 4.06. The number of hydrogen-bond acceptors (Lipinski definition) is 4. The summed E-state index contributed by atoms with van der Waals surface area (Å²) in [6.07, 6.45) is 3.50. The van der Waals surface area contributed by atoms with Crippen LogP contribution in [0.2, 0.25) is 0 Å². The van der Waals surface area contributed by atoms with Crippen LogP contribution < -0.4 is 5.32 Å². The maximum absolute atomic E-state index is 12.1. The number of pyridine rings is 1. The minimum atomic E-state index is -0.217. The van der Waals surface area contributed by atoms with Gasteiger partial charge in [0.05, 0.1) is 13.2 Å². The van der Waals surface area contributed by atoms with E-state index in [1.165, 1.54) is 0 Å². The van der Waals surface area contributed by atoms with Crippen molar-refractivity contribution in [2.75, 3.05) is 26.8 Å². The Morgan fingerprint density at radius 1 is 1.71 bits per heavy atom. The molecule has 2 heterocycles. The molecule has 92 valence electrons. The van der Waals surface area contributed by atoms with Crippen molar-refractivity contribution in [3.63, 3.8) is 0 Å². The largest absolute Gasteiger partial charge is 0.378 e. The molecule has 0 spiro atoms. The van der Waals surface area contributed by atoms with Gasteiger partial charge in [-0.05, 0) is 11.6 Å². The highest BCUT2D eigenvalue weighted by Crippen LogP contribution is 2.04. The number of ether oxygens (including phenoxy) is 1. The molecular formula is C12H17N3O2. The Labute approximate surface area is 101 Å². The van der Waals surface area contributed by atoms with E-state index in [2.05, 4.69) is 10.3 Å². The molecular weight excluding hydrogens is 218 g/mol. The van der Waals surface area contributed by atoms with Crippen molar-refractivity contribution in [1.82, 2.24) is 15.2 Å². The first-order valence-electron chi connectivity index (χ1n) is 5.72. The molecule has 1 aliphatic heterocycles. The summed E-state index contributed by atoms with van der Waals surface area (Å²) >= 11 is 0. The van der Waals surface area contributed by atoms with Crippen LogP contribution in [0.4, 0.5) is 0 Å². The molecule has 1 aromatic rings. The van der Waals surface area contributed by atoms with Crippen LogP contribution in [0.1, 0.15) is 5.56 Å². The SMILES string of the molecule is CN(Cc1cccnc1)C(=O)C1COCCN1. The molecule has 1 aromatic heterocycles. The maximum Gasteiger partial charge on any atom is 0.242 e. The fraction of sp³-hybridized carbons (Fsp3) is 0.500. The predicted molar refractivity (Wildman–Crippen MR) is 63.3 cm³/mol. The Morgan fingerprint density at radius 3 is 3.24 bits per heavy atom. The number of aromatic nitrogens is 1. The van der Waals surface area contributed by atoms with Crippen LogP contribution in [-0.2, 0) is 16.1 Å². The number of nitrogens with one attached hydrogen (secondary N) is 1. The third kappa shape index (κ3) is 3.25. The lowest BCUT2D eigenvalue weighted by molar-refractivity contribution is -0.135. The Balaban J connectivity index is 1.90. The van der Waals surface area contributed by atoms with Gasteiger partial charge >= 0.3 is 0 Å². The lowest BCUT2D eigenvalue weighted by atomic mass is 10.2. The van der Waals surface area contributed by atoms with Crippen LogP contribution in [0, 0.1) is 0 Å². The molecule has 5 nitrogen and oxygen atoms in total. The molecule has 1 saturated heterocycles. The third-order valence-corrected chi connectivity index (χ3v) is 2.74. The maximum atomic E-state index is 12.1. The van der Waals surface area contributed by atoms with Gasteiger partial charge in [-0.25, -0.2) is 0 Å².